The number of para-hydroxylation sites is 1. The average Bonchev–Trinajstić information content (AvgIpc) is 3.23. The van der Waals surface area contributed by atoms with Crippen molar-refractivity contribution in [2.75, 3.05) is 14.2 Å². The molecule has 0 spiro atoms. The Morgan fingerprint density at radius 2 is 2.00 bits per heavy atom. The maximum Gasteiger partial charge on any atom is 0.191 e. The molecular formula is C20H22FN5O. The molecule has 3 aromatic rings. The smallest absolute Gasteiger partial charge is 0.191 e. The van der Waals surface area contributed by atoms with Gasteiger partial charge < -0.3 is 19.9 Å². The molecule has 0 saturated heterocycles. The number of aliphatic imine (C=N–C) groups is 1. The van der Waals surface area contributed by atoms with E-state index in [1.165, 1.54) is 6.07 Å². The number of imidazole rings is 1. The zero-order valence-corrected chi connectivity index (χ0v) is 15.3. The molecule has 0 saturated carbocycles. The quantitative estimate of drug-likeness (QED) is 0.519. The predicted octanol–water partition coefficient (Wildman–Crippen LogP) is 2.89. The van der Waals surface area contributed by atoms with Gasteiger partial charge in [-0.15, -0.1) is 0 Å². The van der Waals surface area contributed by atoms with E-state index in [0.717, 1.165) is 16.9 Å². The third-order valence-electron chi connectivity index (χ3n) is 4.12. The minimum absolute atomic E-state index is 0.302. The second-order valence-corrected chi connectivity index (χ2v) is 5.85. The molecule has 0 unspecified atom stereocenters. The molecule has 0 bridgehead atoms. The maximum absolute atomic E-state index is 14.3. The fraction of sp³-hybridized carbons (Fsp3) is 0.200. The highest BCUT2D eigenvalue weighted by Crippen LogP contribution is 2.17. The first-order valence-electron chi connectivity index (χ1n) is 8.54. The van der Waals surface area contributed by atoms with E-state index >= 15 is 0 Å². The van der Waals surface area contributed by atoms with Gasteiger partial charge in [-0.05, 0) is 23.8 Å². The Bertz CT molecular complexity index is 908. The standard InChI is InChI=1S/C20H22FN5O/c1-22-20(25-13-16-5-3-4-6-19(16)27-2)24-12-15-7-8-18(17(21)11-15)26-10-9-23-14-26/h3-11,14H,12-13H2,1-2H3,(H2,22,24,25). The monoisotopic (exact) mass is 367 g/mol. The van der Waals surface area contributed by atoms with Crippen molar-refractivity contribution >= 4 is 5.96 Å². The molecule has 0 amide bonds. The van der Waals surface area contributed by atoms with Crippen LogP contribution in [0.25, 0.3) is 5.69 Å². The van der Waals surface area contributed by atoms with Crippen LogP contribution < -0.4 is 15.4 Å². The molecule has 0 fully saturated rings. The highest BCUT2D eigenvalue weighted by Gasteiger charge is 2.07. The van der Waals surface area contributed by atoms with Crippen LogP contribution >= 0.6 is 0 Å². The maximum atomic E-state index is 14.3. The van der Waals surface area contributed by atoms with Crippen LogP contribution in [-0.2, 0) is 13.1 Å². The number of nitrogens with one attached hydrogen (secondary N) is 2. The molecule has 6 nitrogen and oxygen atoms in total. The Labute approximate surface area is 157 Å². The highest BCUT2D eigenvalue weighted by molar-refractivity contribution is 5.79. The third-order valence-corrected chi connectivity index (χ3v) is 4.12. The summed E-state index contributed by atoms with van der Waals surface area (Å²) in [6.07, 6.45) is 4.90. The molecule has 0 aliphatic heterocycles. The van der Waals surface area contributed by atoms with Crippen molar-refractivity contribution in [2.45, 2.75) is 13.1 Å². The van der Waals surface area contributed by atoms with E-state index < -0.39 is 0 Å². The van der Waals surface area contributed by atoms with Crippen molar-refractivity contribution in [1.29, 1.82) is 0 Å². The lowest BCUT2D eigenvalue weighted by Crippen LogP contribution is -2.36. The first kappa shape index (κ1) is 18.4. The molecule has 2 N–H and O–H groups in total. The van der Waals surface area contributed by atoms with E-state index in [-0.39, 0.29) is 5.82 Å². The van der Waals surface area contributed by atoms with Crippen molar-refractivity contribution in [2.24, 2.45) is 4.99 Å². The van der Waals surface area contributed by atoms with Crippen LogP contribution in [0.1, 0.15) is 11.1 Å². The molecule has 0 aliphatic rings. The van der Waals surface area contributed by atoms with Gasteiger partial charge in [0.05, 0.1) is 19.1 Å². The molecule has 7 heteroatoms. The van der Waals surface area contributed by atoms with E-state index in [2.05, 4.69) is 20.6 Å². The zero-order valence-electron chi connectivity index (χ0n) is 15.3. The van der Waals surface area contributed by atoms with Gasteiger partial charge in [0.15, 0.2) is 5.96 Å². The molecule has 3 rings (SSSR count). The number of aromatic nitrogens is 2. The van der Waals surface area contributed by atoms with Crippen LogP contribution in [0.2, 0.25) is 0 Å². The van der Waals surface area contributed by atoms with Crippen LogP contribution in [0.15, 0.2) is 66.2 Å². The Hall–Kier alpha value is -3.35. The zero-order chi connectivity index (χ0) is 19.1. The van der Waals surface area contributed by atoms with Crippen LogP contribution in [0.3, 0.4) is 0 Å². The van der Waals surface area contributed by atoms with E-state index in [1.807, 2.05) is 30.3 Å². The van der Waals surface area contributed by atoms with Crippen LogP contribution in [0, 0.1) is 5.82 Å². The topological polar surface area (TPSA) is 63.5 Å². The van der Waals surface area contributed by atoms with Gasteiger partial charge in [0.2, 0.25) is 0 Å². The van der Waals surface area contributed by atoms with E-state index in [1.54, 1.807) is 43.5 Å². The summed E-state index contributed by atoms with van der Waals surface area (Å²) in [6, 6.07) is 12.9. The summed E-state index contributed by atoms with van der Waals surface area (Å²) in [5.74, 6) is 1.14. The number of guanidine groups is 1. The fourth-order valence-corrected chi connectivity index (χ4v) is 2.71. The first-order chi connectivity index (χ1) is 13.2. The molecular weight excluding hydrogens is 345 g/mol. The second-order valence-electron chi connectivity index (χ2n) is 5.85. The molecule has 140 valence electrons. The number of rotatable bonds is 6. The van der Waals surface area contributed by atoms with Crippen molar-refractivity contribution in [3.63, 3.8) is 0 Å². The number of halogens is 1. The van der Waals surface area contributed by atoms with Crippen molar-refractivity contribution < 1.29 is 9.13 Å². The van der Waals surface area contributed by atoms with Gasteiger partial charge in [-0.25, -0.2) is 9.37 Å². The summed E-state index contributed by atoms with van der Waals surface area (Å²) in [5, 5.41) is 6.42. The normalized spacial score (nSPS) is 11.3. The first-order valence-corrected chi connectivity index (χ1v) is 8.54. The number of ether oxygens (including phenoxy) is 1. The molecule has 0 radical (unpaired) electrons. The van der Waals surface area contributed by atoms with Crippen molar-refractivity contribution in [3.05, 3.63) is 78.1 Å². The summed E-state index contributed by atoms with van der Waals surface area (Å²) in [5.41, 5.74) is 2.31. The molecule has 0 atom stereocenters. The van der Waals surface area contributed by atoms with Crippen LogP contribution in [0.5, 0.6) is 5.75 Å². The number of hydrogen-bond donors (Lipinski definition) is 2. The van der Waals surface area contributed by atoms with Gasteiger partial charge in [-0.2, -0.15) is 0 Å². The minimum Gasteiger partial charge on any atom is -0.496 e. The molecule has 0 aliphatic carbocycles. The molecule has 27 heavy (non-hydrogen) atoms. The Morgan fingerprint density at radius 1 is 1.19 bits per heavy atom. The lowest BCUT2D eigenvalue weighted by atomic mass is 10.2. The van der Waals surface area contributed by atoms with Gasteiger partial charge in [-0.3, -0.25) is 4.99 Å². The van der Waals surface area contributed by atoms with E-state index in [4.69, 9.17) is 4.74 Å². The van der Waals surface area contributed by atoms with Crippen molar-refractivity contribution in [3.8, 4) is 11.4 Å². The Kier molecular flexibility index (Phi) is 6.04. The van der Waals surface area contributed by atoms with Crippen molar-refractivity contribution in [1.82, 2.24) is 20.2 Å². The Balaban J connectivity index is 1.59. The minimum atomic E-state index is -0.302. The van der Waals surface area contributed by atoms with E-state index in [0.29, 0.717) is 24.7 Å². The third kappa shape index (κ3) is 4.63. The summed E-state index contributed by atoms with van der Waals surface area (Å²) < 4.78 is 21.3. The largest absolute Gasteiger partial charge is 0.496 e. The fourth-order valence-electron chi connectivity index (χ4n) is 2.71. The SMILES string of the molecule is CN=C(NCc1ccc(-n2ccnc2)c(F)c1)NCc1ccccc1OC. The lowest BCUT2D eigenvalue weighted by Gasteiger charge is -2.14. The molecule has 1 aromatic heterocycles. The average molecular weight is 367 g/mol. The van der Waals surface area contributed by atoms with Gasteiger partial charge in [0.25, 0.3) is 0 Å². The summed E-state index contributed by atoms with van der Waals surface area (Å²) in [4.78, 5) is 8.14. The Morgan fingerprint density at radius 3 is 2.70 bits per heavy atom. The van der Waals surface area contributed by atoms with Crippen LogP contribution in [0.4, 0.5) is 4.39 Å². The lowest BCUT2D eigenvalue weighted by molar-refractivity contribution is 0.409. The summed E-state index contributed by atoms with van der Waals surface area (Å²) in [7, 11) is 3.34. The number of nitrogens with zero attached hydrogens (tertiary/aromatic N) is 3. The summed E-state index contributed by atoms with van der Waals surface area (Å²) >= 11 is 0. The van der Waals surface area contributed by atoms with Crippen LogP contribution in [-0.4, -0.2) is 29.7 Å². The van der Waals surface area contributed by atoms with Gasteiger partial charge in [0.1, 0.15) is 11.6 Å². The number of benzene rings is 2. The number of methoxy groups -OCH3 is 1. The molecule has 1 heterocycles. The van der Waals surface area contributed by atoms with Gasteiger partial charge >= 0.3 is 0 Å². The number of hydrogen-bond acceptors (Lipinski definition) is 3. The van der Waals surface area contributed by atoms with Gasteiger partial charge in [-0.1, -0.05) is 24.3 Å². The van der Waals surface area contributed by atoms with E-state index in [9.17, 15) is 4.39 Å². The summed E-state index contributed by atoms with van der Waals surface area (Å²) in [6.45, 7) is 1.02. The molecule has 2 aromatic carbocycles. The highest BCUT2D eigenvalue weighted by atomic mass is 19.1. The van der Waals surface area contributed by atoms with Gasteiger partial charge in [0, 0.05) is 38.1 Å². The predicted molar refractivity (Wildman–Crippen MR) is 104 cm³/mol. The second kappa shape index (κ2) is 8.84.